The zero-order valence-electron chi connectivity index (χ0n) is 8.58. The largest absolute Gasteiger partial charge is 0.396 e. The van der Waals surface area contributed by atoms with Crippen molar-refractivity contribution in [2.24, 2.45) is 12.8 Å². The van der Waals surface area contributed by atoms with E-state index >= 15 is 0 Å². The summed E-state index contributed by atoms with van der Waals surface area (Å²) in [4.78, 5) is 10.8. The molecule has 0 saturated heterocycles. The second-order valence-corrected chi connectivity index (χ2v) is 3.32. The highest BCUT2D eigenvalue weighted by atomic mass is 16.1. The summed E-state index contributed by atoms with van der Waals surface area (Å²) in [6.07, 6.45) is 1.97. The van der Waals surface area contributed by atoms with Crippen LogP contribution in [0, 0.1) is 0 Å². The van der Waals surface area contributed by atoms with Gasteiger partial charge in [-0.2, -0.15) is 5.10 Å². The first-order chi connectivity index (χ1) is 6.56. The highest BCUT2D eigenvalue weighted by molar-refractivity contribution is 5.78. The van der Waals surface area contributed by atoms with Crippen LogP contribution in [-0.4, -0.2) is 15.7 Å². The van der Waals surface area contributed by atoms with Gasteiger partial charge in [-0.15, -0.1) is 0 Å². The highest BCUT2D eigenvalue weighted by Gasteiger charge is 2.13. The van der Waals surface area contributed by atoms with Crippen molar-refractivity contribution in [3.63, 3.8) is 0 Å². The summed E-state index contributed by atoms with van der Waals surface area (Å²) in [7, 11) is 1.77. The standard InChI is InChI=1S/C9H16N4O/c1-3-4-6-9(11)7(5-8(10)14)13(2)12-6/h3-5,11H2,1-2H3,(H2,10,14). The van der Waals surface area contributed by atoms with Gasteiger partial charge in [0.25, 0.3) is 0 Å². The van der Waals surface area contributed by atoms with Crippen LogP contribution in [-0.2, 0) is 24.7 Å². The monoisotopic (exact) mass is 196 g/mol. The predicted molar refractivity (Wildman–Crippen MR) is 54.5 cm³/mol. The maximum absolute atomic E-state index is 10.8. The third-order valence-corrected chi connectivity index (χ3v) is 2.11. The molecule has 0 aliphatic rings. The fourth-order valence-corrected chi connectivity index (χ4v) is 1.43. The first kappa shape index (κ1) is 10.6. The van der Waals surface area contributed by atoms with E-state index in [4.69, 9.17) is 11.5 Å². The lowest BCUT2D eigenvalue weighted by atomic mass is 10.2. The number of carbonyl (C=O) groups excluding carboxylic acids is 1. The molecule has 1 aromatic heterocycles. The van der Waals surface area contributed by atoms with Crippen LogP contribution in [0.5, 0.6) is 0 Å². The van der Waals surface area contributed by atoms with Crippen molar-refractivity contribution in [1.82, 2.24) is 9.78 Å². The molecule has 5 heteroatoms. The van der Waals surface area contributed by atoms with E-state index in [1.165, 1.54) is 0 Å². The van der Waals surface area contributed by atoms with Crippen molar-refractivity contribution in [1.29, 1.82) is 0 Å². The lowest BCUT2D eigenvalue weighted by Crippen LogP contribution is -2.16. The SMILES string of the molecule is CCCc1nn(C)c(CC(N)=O)c1N. The molecule has 1 amide bonds. The Balaban J connectivity index is 2.98. The van der Waals surface area contributed by atoms with Gasteiger partial charge in [0.1, 0.15) is 0 Å². The van der Waals surface area contributed by atoms with Gasteiger partial charge in [-0.25, -0.2) is 0 Å². The number of hydrogen-bond donors (Lipinski definition) is 2. The maximum Gasteiger partial charge on any atom is 0.223 e. The number of anilines is 1. The number of nitrogens with two attached hydrogens (primary N) is 2. The Morgan fingerprint density at radius 3 is 2.71 bits per heavy atom. The van der Waals surface area contributed by atoms with E-state index in [1.807, 2.05) is 0 Å². The molecule has 0 saturated carbocycles. The number of nitrogen functional groups attached to an aromatic ring is 1. The van der Waals surface area contributed by atoms with E-state index in [2.05, 4.69) is 12.0 Å². The first-order valence-corrected chi connectivity index (χ1v) is 4.64. The summed E-state index contributed by atoms with van der Waals surface area (Å²) in [6, 6.07) is 0. The van der Waals surface area contributed by atoms with Crippen LogP contribution >= 0.6 is 0 Å². The molecule has 0 aliphatic heterocycles. The minimum atomic E-state index is -0.386. The van der Waals surface area contributed by atoms with E-state index < -0.39 is 0 Å². The van der Waals surface area contributed by atoms with Crippen molar-refractivity contribution in [2.45, 2.75) is 26.2 Å². The minimum absolute atomic E-state index is 0.152. The molecular formula is C9H16N4O. The molecule has 0 aliphatic carbocycles. The van der Waals surface area contributed by atoms with Crippen molar-refractivity contribution >= 4 is 11.6 Å². The lowest BCUT2D eigenvalue weighted by Gasteiger charge is -1.99. The molecule has 0 atom stereocenters. The number of hydrogen-bond acceptors (Lipinski definition) is 3. The molecule has 0 unspecified atom stereocenters. The Bertz CT molecular complexity index is 343. The number of rotatable bonds is 4. The van der Waals surface area contributed by atoms with Gasteiger partial charge in [-0.1, -0.05) is 13.3 Å². The van der Waals surface area contributed by atoms with Crippen LogP contribution in [0.3, 0.4) is 0 Å². The normalized spacial score (nSPS) is 10.4. The van der Waals surface area contributed by atoms with Gasteiger partial charge in [0, 0.05) is 7.05 Å². The van der Waals surface area contributed by atoms with Gasteiger partial charge >= 0.3 is 0 Å². The quantitative estimate of drug-likeness (QED) is 0.709. The second kappa shape index (κ2) is 4.13. The Labute approximate surface area is 83.1 Å². The van der Waals surface area contributed by atoms with Crippen LogP contribution in [0.1, 0.15) is 24.7 Å². The zero-order chi connectivity index (χ0) is 10.7. The number of amides is 1. The number of aromatic nitrogens is 2. The Hall–Kier alpha value is -1.52. The smallest absolute Gasteiger partial charge is 0.223 e. The summed E-state index contributed by atoms with van der Waals surface area (Å²) in [5, 5.41) is 4.24. The molecule has 0 radical (unpaired) electrons. The summed E-state index contributed by atoms with van der Waals surface area (Å²) in [6.45, 7) is 2.06. The second-order valence-electron chi connectivity index (χ2n) is 3.32. The Morgan fingerprint density at radius 1 is 1.57 bits per heavy atom. The molecule has 0 bridgehead atoms. The third-order valence-electron chi connectivity index (χ3n) is 2.11. The van der Waals surface area contributed by atoms with Gasteiger partial charge in [0.15, 0.2) is 0 Å². The summed E-state index contributed by atoms with van der Waals surface area (Å²) in [5.41, 5.74) is 13.1. The number of primary amides is 1. The van der Waals surface area contributed by atoms with E-state index in [-0.39, 0.29) is 12.3 Å². The minimum Gasteiger partial charge on any atom is -0.396 e. The van der Waals surface area contributed by atoms with Gasteiger partial charge in [0.05, 0.1) is 23.5 Å². The molecule has 0 fully saturated rings. The van der Waals surface area contributed by atoms with Gasteiger partial charge in [-0.05, 0) is 6.42 Å². The van der Waals surface area contributed by atoms with Gasteiger partial charge in [0.2, 0.25) is 5.91 Å². The summed E-state index contributed by atoms with van der Waals surface area (Å²) < 4.78 is 1.63. The van der Waals surface area contributed by atoms with E-state index in [0.29, 0.717) is 11.4 Å². The zero-order valence-corrected chi connectivity index (χ0v) is 8.58. The molecular weight excluding hydrogens is 180 g/mol. The summed E-state index contributed by atoms with van der Waals surface area (Å²) in [5.74, 6) is -0.386. The van der Waals surface area contributed by atoms with Crippen molar-refractivity contribution in [3.8, 4) is 0 Å². The highest BCUT2D eigenvalue weighted by Crippen LogP contribution is 2.17. The average Bonchev–Trinajstić information content (AvgIpc) is 2.33. The Morgan fingerprint density at radius 2 is 2.21 bits per heavy atom. The molecule has 78 valence electrons. The predicted octanol–water partition coefficient (Wildman–Crippen LogP) is -0.0174. The molecule has 4 N–H and O–H groups in total. The molecule has 14 heavy (non-hydrogen) atoms. The van der Waals surface area contributed by atoms with Gasteiger partial charge in [-0.3, -0.25) is 9.48 Å². The lowest BCUT2D eigenvalue weighted by molar-refractivity contribution is -0.117. The molecule has 1 rings (SSSR count). The van der Waals surface area contributed by atoms with E-state index in [9.17, 15) is 4.79 Å². The van der Waals surface area contributed by atoms with Crippen LogP contribution in [0.2, 0.25) is 0 Å². The van der Waals surface area contributed by atoms with Crippen LogP contribution in [0.25, 0.3) is 0 Å². The maximum atomic E-state index is 10.8. The molecule has 5 nitrogen and oxygen atoms in total. The van der Waals surface area contributed by atoms with E-state index in [1.54, 1.807) is 11.7 Å². The molecule has 1 aromatic rings. The van der Waals surface area contributed by atoms with Crippen LogP contribution in [0.4, 0.5) is 5.69 Å². The number of carbonyl (C=O) groups is 1. The summed E-state index contributed by atoms with van der Waals surface area (Å²) >= 11 is 0. The molecule has 0 spiro atoms. The first-order valence-electron chi connectivity index (χ1n) is 4.64. The van der Waals surface area contributed by atoms with Crippen LogP contribution in [0.15, 0.2) is 0 Å². The fraction of sp³-hybridized carbons (Fsp3) is 0.556. The van der Waals surface area contributed by atoms with Crippen molar-refractivity contribution in [3.05, 3.63) is 11.4 Å². The van der Waals surface area contributed by atoms with Crippen molar-refractivity contribution < 1.29 is 4.79 Å². The fourth-order valence-electron chi connectivity index (χ4n) is 1.43. The van der Waals surface area contributed by atoms with Crippen molar-refractivity contribution in [2.75, 3.05) is 5.73 Å². The molecule has 0 aromatic carbocycles. The third kappa shape index (κ3) is 2.04. The van der Waals surface area contributed by atoms with E-state index in [0.717, 1.165) is 18.5 Å². The van der Waals surface area contributed by atoms with Gasteiger partial charge < -0.3 is 11.5 Å². The number of aryl methyl sites for hydroxylation is 2. The van der Waals surface area contributed by atoms with Crippen LogP contribution < -0.4 is 11.5 Å². The topological polar surface area (TPSA) is 86.9 Å². The average molecular weight is 196 g/mol. The Kier molecular flexibility index (Phi) is 3.11. The number of nitrogens with zero attached hydrogens (tertiary/aromatic N) is 2. The molecule has 1 heterocycles.